The van der Waals surface area contributed by atoms with Crippen molar-refractivity contribution in [3.63, 3.8) is 0 Å². The summed E-state index contributed by atoms with van der Waals surface area (Å²) >= 11 is 0. The van der Waals surface area contributed by atoms with Crippen molar-refractivity contribution in [2.24, 2.45) is 0 Å². The number of carbonyl (C=O) groups excluding carboxylic acids is 1. The van der Waals surface area contributed by atoms with Crippen molar-refractivity contribution in [3.8, 4) is 0 Å². The van der Waals surface area contributed by atoms with E-state index in [1.807, 2.05) is 20.8 Å². The minimum Gasteiger partial charge on any atom is -0.370 e. The first-order valence-corrected chi connectivity index (χ1v) is 6.86. The predicted octanol–water partition coefficient (Wildman–Crippen LogP) is 1.63. The largest absolute Gasteiger partial charge is 0.532 e. The Morgan fingerprint density at radius 2 is 1.53 bits per heavy atom. The van der Waals surface area contributed by atoms with E-state index in [-0.39, 0.29) is 0 Å². The Labute approximate surface area is 92.6 Å². The van der Waals surface area contributed by atoms with Crippen LogP contribution in [0.15, 0.2) is 11.3 Å². The Hall–Kier alpha value is -0.493. The standard InChI is InChI=1S/C10H19O4Si/c1-5-12-15(13-6-2,14-7-3)10(4)8-9-11/h8H,5-7H2,1-4H3. The van der Waals surface area contributed by atoms with Gasteiger partial charge in [0.2, 0.25) is 6.29 Å². The minimum absolute atomic E-state index is 0.496. The molecule has 0 rings (SSSR count). The van der Waals surface area contributed by atoms with Crippen molar-refractivity contribution < 1.29 is 18.1 Å². The van der Waals surface area contributed by atoms with E-state index in [2.05, 4.69) is 0 Å². The Bertz CT molecular complexity index is 198. The van der Waals surface area contributed by atoms with Crippen molar-refractivity contribution >= 4 is 15.1 Å². The maximum atomic E-state index is 10.3. The number of hydrogen-bond acceptors (Lipinski definition) is 4. The van der Waals surface area contributed by atoms with Crippen molar-refractivity contribution in [3.05, 3.63) is 11.3 Å². The summed E-state index contributed by atoms with van der Waals surface area (Å²) in [6.45, 7) is 8.88. The number of hydrogen-bond donors (Lipinski definition) is 0. The number of allylic oxidation sites excluding steroid dienone is 2. The highest BCUT2D eigenvalue weighted by molar-refractivity contribution is 6.68. The van der Waals surface area contributed by atoms with Crippen LogP contribution in [-0.4, -0.2) is 34.9 Å². The molecule has 0 aliphatic carbocycles. The average molecular weight is 231 g/mol. The summed E-state index contributed by atoms with van der Waals surface area (Å²) in [5.74, 6) is 0. The summed E-state index contributed by atoms with van der Waals surface area (Å²) in [5.41, 5.74) is 0. The van der Waals surface area contributed by atoms with Crippen LogP contribution < -0.4 is 0 Å². The second kappa shape index (κ2) is 7.75. The topological polar surface area (TPSA) is 44.8 Å². The lowest BCUT2D eigenvalue weighted by molar-refractivity contribution is 0.0808. The van der Waals surface area contributed by atoms with Crippen molar-refractivity contribution in [1.29, 1.82) is 0 Å². The van der Waals surface area contributed by atoms with E-state index in [1.165, 1.54) is 6.08 Å². The van der Waals surface area contributed by atoms with E-state index in [4.69, 9.17) is 13.3 Å². The molecule has 0 fully saturated rings. The van der Waals surface area contributed by atoms with Gasteiger partial charge in [0.15, 0.2) is 0 Å². The van der Waals surface area contributed by atoms with Gasteiger partial charge in [0.25, 0.3) is 0 Å². The van der Waals surface area contributed by atoms with Gasteiger partial charge in [-0.25, -0.2) is 0 Å². The fourth-order valence-corrected chi connectivity index (χ4v) is 3.52. The van der Waals surface area contributed by atoms with Crippen LogP contribution in [0.5, 0.6) is 0 Å². The zero-order chi connectivity index (χ0) is 11.7. The van der Waals surface area contributed by atoms with Gasteiger partial charge < -0.3 is 13.3 Å². The molecule has 5 heteroatoms. The van der Waals surface area contributed by atoms with Crippen LogP contribution in [0.4, 0.5) is 0 Å². The second-order valence-corrected chi connectivity index (χ2v) is 5.57. The highest BCUT2D eigenvalue weighted by Crippen LogP contribution is 2.19. The van der Waals surface area contributed by atoms with Crippen LogP contribution in [0, 0.1) is 0 Å². The molecule has 0 amide bonds. The Balaban J connectivity index is 4.89. The van der Waals surface area contributed by atoms with Gasteiger partial charge in [0.05, 0.1) is 0 Å². The summed E-state index contributed by atoms with van der Waals surface area (Å²) in [4.78, 5) is 10.3. The molecular formula is C10H19O4Si. The van der Waals surface area contributed by atoms with Gasteiger partial charge in [-0.3, -0.25) is 4.79 Å². The lowest BCUT2D eigenvalue weighted by Gasteiger charge is -2.28. The molecule has 1 radical (unpaired) electrons. The first-order valence-electron chi connectivity index (χ1n) is 5.13. The third kappa shape index (κ3) is 4.25. The smallest absolute Gasteiger partial charge is 0.370 e. The van der Waals surface area contributed by atoms with Crippen molar-refractivity contribution in [2.45, 2.75) is 27.7 Å². The van der Waals surface area contributed by atoms with Crippen LogP contribution in [0.2, 0.25) is 0 Å². The predicted molar refractivity (Wildman–Crippen MR) is 60.1 cm³/mol. The minimum atomic E-state index is -2.82. The van der Waals surface area contributed by atoms with Crippen LogP contribution in [0.1, 0.15) is 27.7 Å². The zero-order valence-electron chi connectivity index (χ0n) is 9.83. The molecule has 0 heterocycles. The highest BCUT2D eigenvalue weighted by Gasteiger charge is 2.42. The summed E-state index contributed by atoms with van der Waals surface area (Å²) in [5, 5.41) is 0.697. The molecule has 0 spiro atoms. The van der Waals surface area contributed by atoms with E-state index in [0.29, 0.717) is 25.0 Å². The van der Waals surface area contributed by atoms with Crippen LogP contribution in [0.25, 0.3) is 0 Å². The van der Waals surface area contributed by atoms with Crippen LogP contribution >= 0.6 is 0 Å². The first-order chi connectivity index (χ1) is 7.16. The monoisotopic (exact) mass is 231 g/mol. The van der Waals surface area contributed by atoms with E-state index in [0.717, 1.165) is 0 Å². The molecule has 87 valence electrons. The fourth-order valence-electron chi connectivity index (χ4n) is 1.21. The molecular weight excluding hydrogens is 212 g/mol. The second-order valence-electron chi connectivity index (χ2n) is 2.80. The Morgan fingerprint density at radius 3 is 1.80 bits per heavy atom. The van der Waals surface area contributed by atoms with E-state index in [9.17, 15) is 4.79 Å². The summed E-state index contributed by atoms with van der Waals surface area (Å²) < 4.78 is 16.7. The fraction of sp³-hybridized carbons (Fsp3) is 0.700. The normalized spacial score (nSPS) is 12.9. The molecule has 0 aliphatic rings. The zero-order valence-corrected chi connectivity index (χ0v) is 10.8. The first kappa shape index (κ1) is 14.5. The summed E-state index contributed by atoms with van der Waals surface area (Å²) in [6.07, 6.45) is 3.06. The Kier molecular flexibility index (Phi) is 7.50. The van der Waals surface area contributed by atoms with Gasteiger partial charge in [0.1, 0.15) is 0 Å². The van der Waals surface area contributed by atoms with Crippen molar-refractivity contribution in [1.82, 2.24) is 0 Å². The third-order valence-corrected chi connectivity index (χ3v) is 4.88. The molecule has 0 N–H and O–H groups in total. The quantitative estimate of drug-likeness (QED) is 0.470. The molecule has 0 aromatic rings. The van der Waals surface area contributed by atoms with Gasteiger partial charge in [-0.15, -0.1) is 0 Å². The van der Waals surface area contributed by atoms with Crippen molar-refractivity contribution in [2.75, 3.05) is 19.8 Å². The van der Waals surface area contributed by atoms with Crippen LogP contribution in [-0.2, 0) is 18.1 Å². The molecule has 0 aliphatic heterocycles. The molecule has 0 bridgehead atoms. The molecule has 0 aromatic heterocycles. The average Bonchev–Trinajstić information content (AvgIpc) is 2.19. The van der Waals surface area contributed by atoms with E-state index in [1.54, 1.807) is 13.2 Å². The molecule has 0 atom stereocenters. The third-order valence-electron chi connectivity index (χ3n) is 1.76. The maximum Gasteiger partial charge on any atom is 0.532 e. The van der Waals surface area contributed by atoms with Gasteiger partial charge in [0, 0.05) is 25.0 Å². The molecule has 4 nitrogen and oxygen atoms in total. The number of rotatable bonds is 8. The molecule has 0 saturated carbocycles. The van der Waals surface area contributed by atoms with E-state index < -0.39 is 8.80 Å². The van der Waals surface area contributed by atoms with Crippen LogP contribution in [0.3, 0.4) is 0 Å². The SMILES string of the molecule is CCO[Si](OCC)(OCC)C(C)=C[C]=O. The van der Waals surface area contributed by atoms with E-state index >= 15 is 0 Å². The highest BCUT2D eigenvalue weighted by atomic mass is 28.4. The maximum absolute atomic E-state index is 10.3. The van der Waals surface area contributed by atoms with Gasteiger partial charge >= 0.3 is 8.80 Å². The summed E-state index contributed by atoms with van der Waals surface area (Å²) in [6, 6.07) is 0. The Morgan fingerprint density at radius 1 is 1.13 bits per heavy atom. The molecule has 15 heavy (non-hydrogen) atoms. The molecule has 0 saturated heterocycles. The van der Waals surface area contributed by atoms with Gasteiger partial charge in [-0.05, 0) is 33.8 Å². The lowest BCUT2D eigenvalue weighted by Crippen LogP contribution is -2.47. The van der Waals surface area contributed by atoms with Gasteiger partial charge in [-0.2, -0.15) is 0 Å². The lowest BCUT2D eigenvalue weighted by atomic mass is 10.6. The molecule has 0 unspecified atom stereocenters. The molecule has 0 aromatic carbocycles. The van der Waals surface area contributed by atoms with Gasteiger partial charge in [-0.1, -0.05) is 0 Å². The summed E-state index contributed by atoms with van der Waals surface area (Å²) in [7, 11) is -2.82.